The number of nitrogens with two attached hydrogens (primary N) is 1. The Morgan fingerprint density at radius 2 is 1.67 bits per heavy atom. The normalized spacial score (nSPS) is 11.2. The fourth-order valence-corrected chi connectivity index (χ4v) is 2.83. The molecule has 0 aliphatic heterocycles. The van der Waals surface area contributed by atoms with E-state index in [1.54, 1.807) is 48.9 Å². The van der Waals surface area contributed by atoms with E-state index in [0.717, 1.165) is 0 Å². The lowest BCUT2D eigenvalue weighted by Crippen LogP contribution is -2.25. The first-order valence-electron chi connectivity index (χ1n) is 6.27. The second-order valence-corrected chi connectivity index (χ2v) is 6.09. The molecular formula is C15H15N2O3S. The fourth-order valence-electron chi connectivity index (χ4n) is 1.84. The lowest BCUT2D eigenvalue weighted by Gasteiger charge is -2.08. The van der Waals surface area contributed by atoms with Crippen molar-refractivity contribution in [3.05, 3.63) is 72.1 Å². The third kappa shape index (κ3) is 3.90. The Morgan fingerprint density at radius 3 is 2.33 bits per heavy atom. The van der Waals surface area contributed by atoms with Gasteiger partial charge in [0.15, 0.2) is 0 Å². The number of hydrogen-bond acceptors (Lipinski definition) is 3. The van der Waals surface area contributed by atoms with Gasteiger partial charge in [-0.1, -0.05) is 36.4 Å². The smallest absolute Gasteiger partial charge is 0.248 e. The minimum absolute atomic E-state index is 0.0710. The quantitative estimate of drug-likeness (QED) is 0.843. The fraction of sp³-hybridized carbons (Fsp3) is 0.0667. The number of benzene rings is 2. The highest BCUT2D eigenvalue weighted by Gasteiger charge is 2.13. The first-order chi connectivity index (χ1) is 10.0. The number of primary amides is 1. The van der Waals surface area contributed by atoms with Gasteiger partial charge in [-0.3, -0.25) is 4.79 Å². The van der Waals surface area contributed by atoms with Crippen molar-refractivity contribution in [2.24, 2.45) is 5.73 Å². The molecule has 0 spiro atoms. The van der Waals surface area contributed by atoms with E-state index in [-0.39, 0.29) is 11.4 Å². The summed E-state index contributed by atoms with van der Waals surface area (Å²) in [4.78, 5) is 11.5. The van der Waals surface area contributed by atoms with Crippen molar-refractivity contribution in [2.45, 2.75) is 4.90 Å². The number of sulfonamides is 1. The van der Waals surface area contributed by atoms with Gasteiger partial charge in [-0.2, -0.15) is 0 Å². The molecule has 0 atom stereocenters. The molecule has 0 aliphatic rings. The van der Waals surface area contributed by atoms with Gasteiger partial charge in [0.2, 0.25) is 15.9 Å². The van der Waals surface area contributed by atoms with Gasteiger partial charge in [0.1, 0.15) is 0 Å². The van der Waals surface area contributed by atoms with Crippen LogP contribution >= 0.6 is 0 Å². The van der Waals surface area contributed by atoms with E-state index in [0.29, 0.717) is 11.1 Å². The molecule has 3 N–H and O–H groups in total. The van der Waals surface area contributed by atoms with E-state index in [2.05, 4.69) is 4.72 Å². The van der Waals surface area contributed by atoms with Gasteiger partial charge in [0, 0.05) is 18.5 Å². The molecule has 0 aromatic heterocycles. The molecule has 2 rings (SSSR count). The van der Waals surface area contributed by atoms with Gasteiger partial charge < -0.3 is 5.73 Å². The van der Waals surface area contributed by atoms with E-state index >= 15 is 0 Å². The van der Waals surface area contributed by atoms with E-state index in [9.17, 15) is 13.2 Å². The minimum atomic E-state index is -3.56. The molecule has 0 saturated heterocycles. The Hall–Kier alpha value is -2.18. The lowest BCUT2D eigenvalue weighted by molar-refractivity contribution is 0.1000. The largest absolute Gasteiger partial charge is 0.366 e. The van der Waals surface area contributed by atoms with Crippen LogP contribution in [0.2, 0.25) is 0 Å². The maximum atomic E-state index is 12.0. The summed E-state index contributed by atoms with van der Waals surface area (Å²) in [5.74, 6) is -0.548. The van der Waals surface area contributed by atoms with E-state index in [1.807, 2.05) is 0 Å². The molecule has 0 saturated carbocycles. The highest BCUT2D eigenvalue weighted by atomic mass is 32.2. The first-order valence-corrected chi connectivity index (χ1v) is 7.76. The summed E-state index contributed by atoms with van der Waals surface area (Å²) in [5, 5.41) is 0. The summed E-state index contributed by atoms with van der Waals surface area (Å²) >= 11 is 0. The van der Waals surface area contributed by atoms with Crippen LogP contribution in [0.4, 0.5) is 0 Å². The Kier molecular flexibility index (Phi) is 4.72. The number of rotatable bonds is 6. The summed E-state index contributed by atoms with van der Waals surface area (Å²) in [7, 11) is -3.56. The highest BCUT2D eigenvalue weighted by molar-refractivity contribution is 7.89. The van der Waals surface area contributed by atoms with E-state index in [4.69, 9.17) is 5.73 Å². The van der Waals surface area contributed by atoms with Gasteiger partial charge in [0.05, 0.1) is 4.90 Å². The molecule has 2 aromatic rings. The number of carbonyl (C=O) groups excluding carboxylic acids is 1. The van der Waals surface area contributed by atoms with Crippen LogP contribution in [0, 0.1) is 6.42 Å². The molecule has 1 amide bonds. The third-order valence-electron chi connectivity index (χ3n) is 2.88. The predicted molar refractivity (Wildman–Crippen MR) is 80.0 cm³/mol. The van der Waals surface area contributed by atoms with Crippen LogP contribution in [-0.4, -0.2) is 20.9 Å². The minimum Gasteiger partial charge on any atom is -0.366 e. The molecule has 0 fully saturated rings. The van der Waals surface area contributed by atoms with Crippen molar-refractivity contribution < 1.29 is 13.2 Å². The molecular weight excluding hydrogens is 288 g/mol. The maximum absolute atomic E-state index is 12.0. The molecule has 0 heterocycles. The Balaban J connectivity index is 2.04. The van der Waals surface area contributed by atoms with Crippen molar-refractivity contribution in [3.8, 4) is 0 Å². The Bertz CT molecular complexity index is 728. The average molecular weight is 303 g/mol. The molecule has 0 aliphatic carbocycles. The standard InChI is InChI=1S/C15H15N2O3S/c16-15(18)14-9-5-4-6-12(14)10-11-17-21(19,20)13-7-2-1-3-8-13/h1-10,17H,11H2,(H2,16,18). The van der Waals surface area contributed by atoms with E-state index < -0.39 is 15.9 Å². The second-order valence-electron chi connectivity index (χ2n) is 4.32. The van der Waals surface area contributed by atoms with Crippen molar-refractivity contribution in [3.63, 3.8) is 0 Å². The van der Waals surface area contributed by atoms with Crippen LogP contribution in [0.3, 0.4) is 0 Å². The zero-order valence-corrected chi connectivity index (χ0v) is 12.0. The highest BCUT2D eigenvalue weighted by Crippen LogP contribution is 2.11. The van der Waals surface area contributed by atoms with Crippen molar-refractivity contribution in [2.75, 3.05) is 6.54 Å². The van der Waals surface area contributed by atoms with Crippen LogP contribution in [0.1, 0.15) is 15.9 Å². The van der Waals surface area contributed by atoms with Crippen molar-refractivity contribution >= 4 is 15.9 Å². The summed E-state index contributed by atoms with van der Waals surface area (Å²) in [6.45, 7) is 0.0710. The zero-order chi connectivity index (χ0) is 15.3. The van der Waals surface area contributed by atoms with Crippen molar-refractivity contribution in [1.29, 1.82) is 0 Å². The molecule has 0 unspecified atom stereocenters. The van der Waals surface area contributed by atoms with Gasteiger partial charge in [-0.05, 0) is 23.8 Å². The summed E-state index contributed by atoms with van der Waals surface area (Å²) in [6.07, 6.45) is 1.61. The number of nitrogens with one attached hydrogen (secondary N) is 1. The van der Waals surface area contributed by atoms with Crippen LogP contribution in [0.25, 0.3) is 0 Å². The first kappa shape index (κ1) is 15.2. The number of carbonyl (C=O) groups is 1. The molecule has 1 radical (unpaired) electrons. The van der Waals surface area contributed by atoms with Gasteiger partial charge in [-0.25, -0.2) is 13.1 Å². The molecule has 21 heavy (non-hydrogen) atoms. The van der Waals surface area contributed by atoms with Gasteiger partial charge in [0.25, 0.3) is 0 Å². The van der Waals surface area contributed by atoms with Gasteiger partial charge in [-0.15, -0.1) is 0 Å². The predicted octanol–water partition coefficient (Wildman–Crippen LogP) is 1.32. The van der Waals surface area contributed by atoms with Crippen LogP contribution < -0.4 is 10.5 Å². The van der Waals surface area contributed by atoms with Crippen molar-refractivity contribution in [1.82, 2.24) is 4.72 Å². The summed E-state index contributed by atoms with van der Waals surface area (Å²) in [5.41, 5.74) is 6.22. The lowest BCUT2D eigenvalue weighted by atomic mass is 10.0. The Morgan fingerprint density at radius 1 is 1.05 bits per heavy atom. The van der Waals surface area contributed by atoms with Crippen LogP contribution in [0.5, 0.6) is 0 Å². The van der Waals surface area contributed by atoms with Gasteiger partial charge >= 0.3 is 0 Å². The Labute approximate surface area is 123 Å². The molecule has 2 aromatic carbocycles. The maximum Gasteiger partial charge on any atom is 0.248 e. The molecule has 6 heteroatoms. The van der Waals surface area contributed by atoms with Crippen LogP contribution in [0.15, 0.2) is 59.5 Å². The summed E-state index contributed by atoms with van der Waals surface area (Å²) < 4.78 is 26.5. The second kappa shape index (κ2) is 6.51. The van der Waals surface area contributed by atoms with Crippen LogP contribution in [-0.2, 0) is 10.0 Å². The monoisotopic (exact) mass is 303 g/mol. The molecule has 5 nitrogen and oxygen atoms in total. The third-order valence-corrected chi connectivity index (χ3v) is 4.31. The topological polar surface area (TPSA) is 89.3 Å². The number of hydrogen-bond donors (Lipinski definition) is 2. The zero-order valence-electron chi connectivity index (χ0n) is 11.2. The SMILES string of the molecule is NC(=O)c1ccccc1[CH]CNS(=O)(=O)c1ccccc1. The number of amides is 1. The van der Waals surface area contributed by atoms with E-state index in [1.165, 1.54) is 12.1 Å². The average Bonchev–Trinajstić information content (AvgIpc) is 2.48. The molecule has 0 bridgehead atoms. The molecule has 109 valence electrons. The summed E-state index contributed by atoms with van der Waals surface area (Å²) in [6, 6.07) is 14.8.